The molecular weight excluding hydrogens is 190 g/mol. The van der Waals surface area contributed by atoms with Gasteiger partial charge in [-0.1, -0.05) is 0 Å². The van der Waals surface area contributed by atoms with Crippen LogP contribution in [-0.2, 0) is 4.79 Å². The third-order valence-electron chi connectivity index (χ3n) is 3.27. The predicted molar refractivity (Wildman–Crippen MR) is 59.2 cm³/mol. The maximum absolute atomic E-state index is 11.7. The Morgan fingerprint density at radius 2 is 2.27 bits per heavy atom. The van der Waals surface area contributed by atoms with Gasteiger partial charge in [0.25, 0.3) is 0 Å². The zero-order valence-electron chi connectivity index (χ0n) is 9.70. The average Bonchev–Trinajstić information content (AvgIpc) is 2.61. The zero-order chi connectivity index (χ0) is 10.8. The first-order valence-corrected chi connectivity index (χ1v) is 5.99. The molecule has 2 fully saturated rings. The van der Waals surface area contributed by atoms with E-state index < -0.39 is 0 Å². The van der Waals surface area contributed by atoms with Crippen molar-refractivity contribution >= 4 is 5.91 Å². The molecule has 2 heterocycles. The molecular formula is C11H21N3O. The molecule has 1 N–H and O–H groups in total. The third kappa shape index (κ3) is 2.16. The van der Waals surface area contributed by atoms with E-state index in [1.165, 1.54) is 12.8 Å². The average molecular weight is 211 g/mol. The second-order valence-electron chi connectivity index (χ2n) is 4.75. The summed E-state index contributed by atoms with van der Waals surface area (Å²) in [5, 5.41) is 7.64. The normalized spacial score (nSPS) is 29.1. The van der Waals surface area contributed by atoms with Crippen LogP contribution >= 0.6 is 0 Å². The Hall–Kier alpha value is -0.610. The van der Waals surface area contributed by atoms with E-state index >= 15 is 0 Å². The first kappa shape index (κ1) is 10.9. The Morgan fingerprint density at radius 3 is 2.87 bits per heavy atom. The van der Waals surface area contributed by atoms with Crippen molar-refractivity contribution in [3.8, 4) is 0 Å². The van der Waals surface area contributed by atoms with Gasteiger partial charge in [0.2, 0.25) is 5.91 Å². The van der Waals surface area contributed by atoms with Gasteiger partial charge in [-0.25, -0.2) is 5.01 Å². The minimum absolute atomic E-state index is 0.288. The highest BCUT2D eigenvalue weighted by Gasteiger charge is 2.35. The molecule has 4 heteroatoms. The molecule has 2 rings (SSSR count). The lowest BCUT2D eigenvalue weighted by Crippen LogP contribution is -2.53. The molecule has 0 radical (unpaired) electrons. The van der Waals surface area contributed by atoms with Crippen molar-refractivity contribution in [1.29, 1.82) is 0 Å². The predicted octanol–water partition coefficient (Wildman–Crippen LogP) is 0.596. The van der Waals surface area contributed by atoms with Crippen LogP contribution in [0.25, 0.3) is 0 Å². The SMILES string of the molecule is CC(C)N1C(=O)CCN1C1CCCNC1. The van der Waals surface area contributed by atoms with Crippen LogP contribution in [0.4, 0.5) is 0 Å². The molecule has 1 atom stereocenters. The highest BCUT2D eigenvalue weighted by Crippen LogP contribution is 2.21. The van der Waals surface area contributed by atoms with Gasteiger partial charge in [0.05, 0.1) is 0 Å². The molecule has 1 amide bonds. The fraction of sp³-hybridized carbons (Fsp3) is 0.909. The summed E-state index contributed by atoms with van der Waals surface area (Å²) >= 11 is 0. The molecule has 2 aliphatic rings. The summed E-state index contributed by atoms with van der Waals surface area (Å²) in [5.41, 5.74) is 0. The van der Waals surface area contributed by atoms with Crippen molar-refractivity contribution in [1.82, 2.24) is 15.3 Å². The molecule has 0 spiro atoms. The minimum atomic E-state index is 0.288. The Balaban J connectivity index is 2.03. The van der Waals surface area contributed by atoms with E-state index in [1.807, 2.05) is 5.01 Å². The summed E-state index contributed by atoms with van der Waals surface area (Å²) in [6, 6.07) is 0.814. The van der Waals surface area contributed by atoms with Gasteiger partial charge in [0, 0.05) is 31.6 Å². The maximum atomic E-state index is 11.7. The highest BCUT2D eigenvalue weighted by atomic mass is 16.2. The maximum Gasteiger partial charge on any atom is 0.238 e. The first-order chi connectivity index (χ1) is 7.20. The standard InChI is InChI=1S/C11H21N3O/c1-9(2)14-11(15)5-7-13(14)10-4-3-6-12-8-10/h9-10,12H,3-8H2,1-2H3. The van der Waals surface area contributed by atoms with E-state index in [2.05, 4.69) is 24.2 Å². The van der Waals surface area contributed by atoms with Gasteiger partial charge in [-0.3, -0.25) is 9.80 Å². The number of carbonyl (C=O) groups is 1. The molecule has 86 valence electrons. The molecule has 0 saturated carbocycles. The second kappa shape index (κ2) is 4.49. The van der Waals surface area contributed by atoms with Gasteiger partial charge in [0.15, 0.2) is 0 Å². The van der Waals surface area contributed by atoms with Gasteiger partial charge in [0.1, 0.15) is 0 Å². The molecule has 1 unspecified atom stereocenters. The summed E-state index contributed by atoms with van der Waals surface area (Å²) in [6.45, 7) is 7.23. The number of hydrogen-bond donors (Lipinski definition) is 1. The number of piperidine rings is 1. The van der Waals surface area contributed by atoms with Gasteiger partial charge < -0.3 is 5.32 Å². The van der Waals surface area contributed by atoms with Gasteiger partial charge >= 0.3 is 0 Å². The number of hydrazine groups is 1. The topological polar surface area (TPSA) is 35.6 Å². The fourth-order valence-electron chi connectivity index (χ4n) is 2.61. The van der Waals surface area contributed by atoms with E-state index in [1.54, 1.807) is 0 Å². The minimum Gasteiger partial charge on any atom is -0.315 e. The molecule has 0 bridgehead atoms. The van der Waals surface area contributed by atoms with Crippen molar-refractivity contribution in [3.63, 3.8) is 0 Å². The highest BCUT2D eigenvalue weighted by molar-refractivity contribution is 5.77. The fourth-order valence-corrected chi connectivity index (χ4v) is 2.61. The molecule has 2 aliphatic heterocycles. The lowest BCUT2D eigenvalue weighted by molar-refractivity contribution is -0.145. The molecule has 0 aromatic carbocycles. The van der Waals surface area contributed by atoms with Gasteiger partial charge in [-0.15, -0.1) is 0 Å². The summed E-state index contributed by atoms with van der Waals surface area (Å²) in [7, 11) is 0. The number of rotatable bonds is 2. The van der Waals surface area contributed by atoms with Crippen LogP contribution in [0.5, 0.6) is 0 Å². The Labute approximate surface area is 91.6 Å². The van der Waals surface area contributed by atoms with Crippen LogP contribution in [0, 0.1) is 0 Å². The van der Waals surface area contributed by atoms with Crippen LogP contribution < -0.4 is 5.32 Å². The molecule has 0 aliphatic carbocycles. The quantitative estimate of drug-likeness (QED) is 0.726. The van der Waals surface area contributed by atoms with E-state index in [0.29, 0.717) is 18.5 Å². The summed E-state index contributed by atoms with van der Waals surface area (Å²) < 4.78 is 0. The van der Waals surface area contributed by atoms with Crippen molar-refractivity contribution in [2.24, 2.45) is 0 Å². The first-order valence-electron chi connectivity index (χ1n) is 5.99. The van der Waals surface area contributed by atoms with Crippen LogP contribution in [-0.4, -0.2) is 47.6 Å². The molecule has 0 aromatic rings. The molecule has 15 heavy (non-hydrogen) atoms. The Morgan fingerprint density at radius 1 is 1.47 bits per heavy atom. The van der Waals surface area contributed by atoms with E-state index in [9.17, 15) is 4.79 Å². The molecule has 4 nitrogen and oxygen atoms in total. The number of nitrogens with one attached hydrogen (secondary N) is 1. The van der Waals surface area contributed by atoms with Crippen LogP contribution in [0.3, 0.4) is 0 Å². The lowest BCUT2D eigenvalue weighted by Gasteiger charge is -2.39. The van der Waals surface area contributed by atoms with Crippen molar-refractivity contribution < 1.29 is 4.79 Å². The van der Waals surface area contributed by atoms with Crippen molar-refractivity contribution in [3.05, 3.63) is 0 Å². The van der Waals surface area contributed by atoms with Crippen LogP contribution in [0.1, 0.15) is 33.1 Å². The van der Waals surface area contributed by atoms with E-state index in [0.717, 1.165) is 19.6 Å². The Kier molecular flexibility index (Phi) is 3.26. The Bertz CT molecular complexity index is 236. The third-order valence-corrected chi connectivity index (χ3v) is 3.27. The largest absolute Gasteiger partial charge is 0.315 e. The van der Waals surface area contributed by atoms with Gasteiger partial charge in [-0.05, 0) is 33.2 Å². The molecule has 2 saturated heterocycles. The molecule has 0 aromatic heterocycles. The van der Waals surface area contributed by atoms with Crippen molar-refractivity contribution in [2.45, 2.75) is 45.2 Å². The van der Waals surface area contributed by atoms with Gasteiger partial charge in [-0.2, -0.15) is 0 Å². The number of amides is 1. The summed E-state index contributed by atoms with van der Waals surface area (Å²) in [6.07, 6.45) is 3.12. The van der Waals surface area contributed by atoms with E-state index in [4.69, 9.17) is 0 Å². The smallest absolute Gasteiger partial charge is 0.238 e. The van der Waals surface area contributed by atoms with Crippen LogP contribution in [0.15, 0.2) is 0 Å². The lowest BCUT2D eigenvalue weighted by atomic mass is 10.1. The van der Waals surface area contributed by atoms with Crippen molar-refractivity contribution in [2.75, 3.05) is 19.6 Å². The number of hydrogen-bond acceptors (Lipinski definition) is 3. The number of nitrogens with zero attached hydrogens (tertiary/aromatic N) is 2. The van der Waals surface area contributed by atoms with Crippen LogP contribution in [0.2, 0.25) is 0 Å². The summed E-state index contributed by atoms with van der Waals surface area (Å²) in [4.78, 5) is 11.7. The van der Waals surface area contributed by atoms with E-state index in [-0.39, 0.29) is 5.91 Å². The number of carbonyl (C=O) groups excluding carboxylic acids is 1. The monoisotopic (exact) mass is 211 g/mol. The zero-order valence-corrected chi connectivity index (χ0v) is 9.70. The second-order valence-corrected chi connectivity index (χ2v) is 4.75. The summed E-state index contributed by atoms with van der Waals surface area (Å²) in [5.74, 6) is 0.288.